The van der Waals surface area contributed by atoms with Crippen LogP contribution < -0.4 is 10.2 Å². The van der Waals surface area contributed by atoms with Crippen LogP contribution in [0.15, 0.2) is 18.3 Å². The fourth-order valence-corrected chi connectivity index (χ4v) is 7.06. The third-order valence-electron chi connectivity index (χ3n) is 7.65. The van der Waals surface area contributed by atoms with Crippen LogP contribution in [0.25, 0.3) is 32.1 Å². The summed E-state index contributed by atoms with van der Waals surface area (Å²) in [5.74, 6) is 0.0213. The van der Waals surface area contributed by atoms with Crippen molar-refractivity contribution in [1.29, 1.82) is 5.26 Å². The molecule has 6 rings (SSSR count). The van der Waals surface area contributed by atoms with Gasteiger partial charge in [0.25, 0.3) is 0 Å². The Morgan fingerprint density at radius 2 is 2.05 bits per heavy atom. The highest BCUT2D eigenvalue weighted by atomic mass is 35.5. The van der Waals surface area contributed by atoms with E-state index in [0.717, 1.165) is 36.0 Å². The molecule has 4 aromatic rings. The lowest BCUT2D eigenvalue weighted by atomic mass is 9.91. The largest absolute Gasteiger partial charge is 0.444 e. The number of hydrogen-bond acceptors (Lipinski definition) is 9. The van der Waals surface area contributed by atoms with Crippen LogP contribution in [0.5, 0.6) is 0 Å². The lowest BCUT2D eigenvalue weighted by Crippen LogP contribution is -2.32. The lowest BCUT2D eigenvalue weighted by molar-refractivity contribution is 0.0636. The van der Waals surface area contributed by atoms with Crippen LogP contribution in [0.3, 0.4) is 0 Å². The van der Waals surface area contributed by atoms with E-state index in [9.17, 15) is 10.1 Å². The molecule has 2 aromatic heterocycles. The summed E-state index contributed by atoms with van der Waals surface area (Å²) in [6.07, 6.45) is 2.07. The Hall–Kier alpha value is -3.56. The van der Waals surface area contributed by atoms with E-state index in [0.29, 0.717) is 39.8 Å². The number of anilines is 2. The fraction of sp³-hybridized carbons (Fsp3) is 0.400. The van der Waals surface area contributed by atoms with Crippen molar-refractivity contribution in [3.05, 3.63) is 45.9 Å². The van der Waals surface area contributed by atoms with Crippen molar-refractivity contribution in [3.8, 4) is 17.2 Å². The number of likely N-dealkylation sites (N-methyl/N-ethyl adjacent to an activating group) is 1. The maximum atomic E-state index is 15.9. The number of carbonyl (C=O) groups is 1. The number of thiophene rings is 1. The molecule has 0 radical (unpaired) electrons. The smallest absolute Gasteiger partial charge is 0.412 e. The number of nitrogens with one attached hydrogen (secondary N) is 1. The van der Waals surface area contributed by atoms with Crippen LogP contribution in [0.4, 0.5) is 20.1 Å². The van der Waals surface area contributed by atoms with Gasteiger partial charge in [-0.15, -0.1) is 11.3 Å². The minimum Gasteiger partial charge on any atom is -0.444 e. The van der Waals surface area contributed by atoms with Crippen LogP contribution in [0.1, 0.15) is 43.9 Å². The Morgan fingerprint density at radius 3 is 2.74 bits per heavy atom. The van der Waals surface area contributed by atoms with Gasteiger partial charge in [-0.3, -0.25) is 5.32 Å². The van der Waals surface area contributed by atoms with Gasteiger partial charge in [-0.05, 0) is 64.5 Å². The summed E-state index contributed by atoms with van der Waals surface area (Å²) in [5.41, 5.74) is 2.12. The van der Waals surface area contributed by atoms with Crippen molar-refractivity contribution < 1.29 is 18.7 Å². The molecule has 0 saturated carbocycles. The molecular formula is C30H30ClFN6O3S. The van der Waals surface area contributed by atoms with E-state index in [1.165, 1.54) is 17.4 Å². The topological polar surface area (TPSA) is 104 Å². The lowest BCUT2D eigenvalue weighted by Gasteiger charge is -2.21. The summed E-state index contributed by atoms with van der Waals surface area (Å²) in [5, 5.41) is 14.6. The first-order valence-corrected chi connectivity index (χ1v) is 14.8. The van der Waals surface area contributed by atoms with Gasteiger partial charge in [0.15, 0.2) is 0 Å². The molecule has 0 aliphatic carbocycles. The number of halogens is 2. The molecule has 2 aromatic carbocycles. The highest BCUT2D eigenvalue weighted by Crippen LogP contribution is 2.49. The number of amides is 1. The van der Waals surface area contributed by atoms with Gasteiger partial charge >= 0.3 is 6.09 Å². The normalized spacial score (nSPS) is 16.8. The van der Waals surface area contributed by atoms with Crippen molar-refractivity contribution in [1.82, 2.24) is 14.9 Å². The Labute approximate surface area is 251 Å². The first-order valence-electron chi connectivity index (χ1n) is 13.6. The molecule has 1 atom stereocenters. The highest BCUT2D eigenvalue weighted by molar-refractivity contribution is 7.23. The molecule has 0 unspecified atom stereocenters. The highest BCUT2D eigenvalue weighted by Gasteiger charge is 2.31. The van der Waals surface area contributed by atoms with Crippen LogP contribution in [-0.2, 0) is 22.7 Å². The number of benzene rings is 2. The van der Waals surface area contributed by atoms with Gasteiger partial charge in [-0.1, -0.05) is 11.6 Å². The van der Waals surface area contributed by atoms with Gasteiger partial charge in [-0.25, -0.2) is 19.2 Å². The quantitative estimate of drug-likeness (QED) is 0.273. The molecule has 9 nitrogen and oxygen atoms in total. The van der Waals surface area contributed by atoms with E-state index in [1.54, 1.807) is 33.0 Å². The zero-order valence-corrected chi connectivity index (χ0v) is 25.5. The summed E-state index contributed by atoms with van der Waals surface area (Å²) < 4.78 is 27.8. The van der Waals surface area contributed by atoms with Crippen LogP contribution in [-0.4, -0.2) is 59.8 Å². The molecule has 218 valence electrons. The van der Waals surface area contributed by atoms with Crippen LogP contribution in [0, 0.1) is 17.1 Å². The van der Waals surface area contributed by atoms with Crippen molar-refractivity contribution in [2.75, 3.05) is 37.4 Å². The minimum absolute atomic E-state index is 0.134. The maximum Gasteiger partial charge on any atom is 0.412 e. The molecule has 42 heavy (non-hydrogen) atoms. The van der Waals surface area contributed by atoms with Crippen LogP contribution >= 0.6 is 22.9 Å². The van der Waals surface area contributed by atoms with E-state index in [2.05, 4.69) is 40.3 Å². The van der Waals surface area contributed by atoms with Gasteiger partial charge in [0.1, 0.15) is 22.5 Å². The van der Waals surface area contributed by atoms with Gasteiger partial charge in [-0.2, -0.15) is 5.26 Å². The summed E-state index contributed by atoms with van der Waals surface area (Å²) in [6.45, 7) is 7.39. The van der Waals surface area contributed by atoms with Crippen molar-refractivity contribution >= 4 is 61.0 Å². The third kappa shape index (κ3) is 4.92. The summed E-state index contributed by atoms with van der Waals surface area (Å²) in [4.78, 5) is 26.5. The molecule has 1 amide bonds. The predicted molar refractivity (Wildman–Crippen MR) is 163 cm³/mol. The third-order valence-corrected chi connectivity index (χ3v) is 9.08. The number of nitriles is 1. The van der Waals surface area contributed by atoms with Gasteiger partial charge in [0.2, 0.25) is 5.95 Å². The Balaban J connectivity index is 1.54. The standard InChI is InChI=1S/C30H30ClFN6O3S/c1-30(2,3)41-29(39)36-27-16(10-33)22-21(42-27)7-6-20(32)24(22)23-19-14-40-13-18(19)17-11-34-28(35-26(17)25(23)31)38-9-8-15(12-38)37(4)5/h6-7,11,15H,8-9,12-14H2,1-5H3,(H,36,39)/t15-/m0/s1. The Bertz CT molecular complexity index is 1790. The molecule has 1 saturated heterocycles. The fourth-order valence-electron chi connectivity index (χ4n) is 5.66. The second-order valence-corrected chi connectivity index (χ2v) is 13.2. The average molecular weight is 609 g/mol. The predicted octanol–water partition coefficient (Wildman–Crippen LogP) is 6.69. The van der Waals surface area contributed by atoms with E-state index >= 15 is 4.39 Å². The number of hydrogen-bond donors (Lipinski definition) is 1. The van der Waals surface area contributed by atoms with Crippen molar-refractivity contribution in [2.45, 2.75) is 52.0 Å². The summed E-state index contributed by atoms with van der Waals surface area (Å²) in [6, 6.07) is 5.51. The van der Waals surface area contributed by atoms with E-state index in [-0.39, 0.29) is 27.8 Å². The van der Waals surface area contributed by atoms with Gasteiger partial charge in [0.05, 0.1) is 29.3 Å². The molecule has 1 N–H and O–H groups in total. The van der Waals surface area contributed by atoms with Gasteiger partial charge < -0.3 is 19.3 Å². The molecule has 1 fully saturated rings. The Kier molecular flexibility index (Phi) is 7.22. The molecule has 12 heteroatoms. The van der Waals surface area contributed by atoms with Crippen molar-refractivity contribution in [2.24, 2.45) is 0 Å². The first-order chi connectivity index (χ1) is 20.0. The summed E-state index contributed by atoms with van der Waals surface area (Å²) >= 11 is 8.31. The van der Waals surface area contributed by atoms with E-state index < -0.39 is 17.5 Å². The second kappa shape index (κ2) is 10.6. The minimum atomic E-state index is -0.729. The summed E-state index contributed by atoms with van der Waals surface area (Å²) in [7, 11) is 4.12. The number of fused-ring (bicyclic) bond motifs is 4. The SMILES string of the molecule is CN(C)[C@H]1CCN(c2ncc3c4c(c(-c5c(F)ccc6sc(NC(=O)OC(C)(C)C)c(C#N)c56)c(Cl)c3n2)COC4)C1. The van der Waals surface area contributed by atoms with Crippen LogP contribution in [0.2, 0.25) is 5.02 Å². The number of carbonyl (C=O) groups excluding carboxylic acids is 1. The number of aromatic nitrogens is 2. The molecule has 2 aliphatic heterocycles. The molecule has 0 spiro atoms. The number of rotatable bonds is 4. The monoisotopic (exact) mass is 608 g/mol. The Morgan fingerprint density at radius 1 is 1.29 bits per heavy atom. The van der Waals surface area contributed by atoms with E-state index in [1.807, 2.05) is 0 Å². The van der Waals surface area contributed by atoms with Gasteiger partial charge in [0, 0.05) is 51.9 Å². The average Bonchev–Trinajstić information content (AvgIpc) is 3.67. The molecule has 4 heterocycles. The molecule has 0 bridgehead atoms. The zero-order chi connectivity index (χ0) is 29.9. The molecular weight excluding hydrogens is 579 g/mol. The number of nitrogens with zero attached hydrogens (tertiary/aromatic N) is 5. The maximum absolute atomic E-state index is 15.9. The van der Waals surface area contributed by atoms with Crippen molar-refractivity contribution in [3.63, 3.8) is 0 Å². The zero-order valence-electron chi connectivity index (χ0n) is 24.0. The molecule has 2 aliphatic rings. The number of ether oxygens (including phenoxy) is 2. The van der Waals surface area contributed by atoms with E-state index in [4.69, 9.17) is 26.1 Å². The first kappa shape index (κ1) is 28.6. The second-order valence-electron chi connectivity index (χ2n) is 11.8.